The van der Waals surface area contributed by atoms with Crippen LogP contribution in [0.25, 0.3) is 0 Å². The van der Waals surface area contributed by atoms with E-state index in [2.05, 4.69) is 28.7 Å². The maximum absolute atomic E-state index is 6.14. The maximum Gasteiger partial charge on any atom is 0.171 e. The van der Waals surface area contributed by atoms with Gasteiger partial charge in [0.2, 0.25) is 0 Å². The number of nitrogens with zero attached hydrogens (tertiary/aromatic N) is 3. The molecule has 0 unspecified atom stereocenters. The summed E-state index contributed by atoms with van der Waals surface area (Å²) in [6, 6.07) is 0.467. The van der Waals surface area contributed by atoms with Crippen LogP contribution in [0, 0.1) is 13.8 Å². The van der Waals surface area contributed by atoms with Gasteiger partial charge in [-0.15, -0.1) is 0 Å². The van der Waals surface area contributed by atoms with Gasteiger partial charge in [-0.25, -0.2) is 9.97 Å². The van der Waals surface area contributed by atoms with Gasteiger partial charge in [-0.2, -0.15) is 0 Å². The summed E-state index contributed by atoms with van der Waals surface area (Å²) in [5.74, 6) is 0.790. The minimum Gasteiger partial charge on any atom is -0.354 e. The average molecular weight is 242 g/mol. The highest BCUT2D eigenvalue weighted by Crippen LogP contribution is 2.24. The van der Waals surface area contributed by atoms with Gasteiger partial charge in [-0.05, 0) is 26.7 Å². The van der Waals surface area contributed by atoms with Crippen LogP contribution in [0.15, 0.2) is 0 Å². The number of halogens is 1. The molecule has 16 heavy (non-hydrogen) atoms. The van der Waals surface area contributed by atoms with Crippen LogP contribution in [0.2, 0.25) is 5.15 Å². The molecule has 4 heteroatoms. The summed E-state index contributed by atoms with van der Waals surface area (Å²) in [4.78, 5) is 11.0. The smallest absolute Gasteiger partial charge is 0.171 e. The van der Waals surface area contributed by atoms with Crippen LogP contribution in [-0.2, 0) is 0 Å². The predicted octanol–water partition coefficient (Wildman–Crippen LogP) is 3.37. The monoisotopic (exact) mass is 241 g/mol. The van der Waals surface area contributed by atoms with Gasteiger partial charge in [-0.3, -0.25) is 0 Å². The standard InChI is InChI=1S/C12H20ClN3/c1-6-10(7-2)16(5)12-11(13)14-8(3)9(4)15-12/h10H,6-7H2,1-5H3. The van der Waals surface area contributed by atoms with E-state index in [1.165, 1.54) is 0 Å². The van der Waals surface area contributed by atoms with E-state index in [9.17, 15) is 0 Å². The Balaban J connectivity index is 3.07. The molecule has 0 spiro atoms. The van der Waals surface area contributed by atoms with Crippen molar-refractivity contribution in [3.05, 3.63) is 16.5 Å². The third-order valence-electron chi connectivity index (χ3n) is 3.07. The summed E-state index contributed by atoms with van der Waals surface area (Å²) >= 11 is 6.14. The lowest BCUT2D eigenvalue weighted by Gasteiger charge is -2.28. The van der Waals surface area contributed by atoms with E-state index in [0.717, 1.165) is 30.0 Å². The van der Waals surface area contributed by atoms with Crippen molar-refractivity contribution in [1.29, 1.82) is 0 Å². The highest BCUT2D eigenvalue weighted by molar-refractivity contribution is 6.31. The van der Waals surface area contributed by atoms with Crippen molar-refractivity contribution in [2.75, 3.05) is 11.9 Å². The van der Waals surface area contributed by atoms with Crippen molar-refractivity contribution in [2.45, 2.75) is 46.6 Å². The largest absolute Gasteiger partial charge is 0.354 e. The average Bonchev–Trinajstić information content (AvgIpc) is 2.25. The summed E-state index contributed by atoms with van der Waals surface area (Å²) in [5.41, 5.74) is 1.84. The molecule has 0 amide bonds. The molecule has 0 aliphatic carbocycles. The van der Waals surface area contributed by atoms with Gasteiger partial charge < -0.3 is 4.90 Å². The van der Waals surface area contributed by atoms with E-state index in [1.54, 1.807) is 0 Å². The molecule has 1 rings (SSSR count). The number of aromatic nitrogens is 2. The van der Waals surface area contributed by atoms with Gasteiger partial charge in [0.05, 0.1) is 11.4 Å². The van der Waals surface area contributed by atoms with Crippen molar-refractivity contribution >= 4 is 17.4 Å². The third-order valence-corrected chi connectivity index (χ3v) is 3.33. The van der Waals surface area contributed by atoms with E-state index < -0.39 is 0 Å². The first-order valence-corrected chi connectivity index (χ1v) is 6.12. The Morgan fingerprint density at radius 3 is 2.12 bits per heavy atom. The lowest BCUT2D eigenvalue weighted by molar-refractivity contribution is 0.585. The van der Waals surface area contributed by atoms with E-state index in [0.29, 0.717) is 11.2 Å². The van der Waals surface area contributed by atoms with Gasteiger partial charge in [0.15, 0.2) is 11.0 Å². The Hall–Kier alpha value is -0.830. The first-order chi connectivity index (χ1) is 7.51. The molecule has 0 aliphatic rings. The normalized spacial score (nSPS) is 10.9. The van der Waals surface area contributed by atoms with E-state index in [4.69, 9.17) is 11.6 Å². The zero-order valence-electron chi connectivity index (χ0n) is 10.7. The molecule has 0 bridgehead atoms. The van der Waals surface area contributed by atoms with Gasteiger partial charge in [-0.1, -0.05) is 25.4 Å². The number of anilines is 1. The molecule has 0 saturated carbocycles. The molecule has 90 valence electrons. The maximum atomic E-state index is 6.14. The second-order valence-corrected chi connectivity index (χ2v) is 4.45. The van der Waals surface area contributed by atoms with Crippen LogP contribution in [0.4, 0.5) is 5.82 Å². The first-order valence-electron chi connectivity index (χ1n) is 5.74. The zero-order valence-corrected chi connectivity index (χ0v) is 11.5. The Morgan fingerprint density at radius 1 is 1.12 bits per heavy atom. The molecule has 0 radical (unpaired) electrons. The van der Waals surface area contributed by atoms with Gasteiger partial charge in [0, 0.05) is 13.1 Å². The molecule has 1 aromatic heterocycles. The van der Waals surface area contributed by atoms with Gasteiger partial charge in [0.25, 0.3) is 0 Å². The number of aryl methyl sites for hydroxylation is 2. The Bertz CT molecular complexity index is 362. The molecule has 3 nitrogen and oxygen atoms in total. The summed E-state index contributed by atoms with van der Waals surface area (Å²) in [5, 5.41) is 0.498. The topological polar surface area (TPSA) is 29.0 Å². The van der Waals surface area contributed by atoms with Crippen LogP contribution in [-0.4, -0.2) is 23.1 Å². The Morgan fingerprint density at radius 2 is 1.62 bits per heavy atom. The van der Waals surface area contributed by atoms with Crippen LogP contribution < -0.4 is 4.90 Å². The fraction of sp³-hybridized carbons (Fsp3) is 0.667. The Kier molecular flexibility index (Phi) is 4.54. The fourth-order valence-corrected chi connectivity index (χ4v) is 2.10. The molecule has 0 atom stereocenters. The van der Waals surface area contributed by atoms with Gasteiger partial charge >= 0.3 is 0 Å². The van der Waals surface area contributed by atoms with Crippen molar-refractivity contribution < 1.29 is 0 Å². The lowest BCUT2D eigenvalue weighted by atomic mass is 10.1. The highest BCUT2D eigenvalue weighted by Gasteiger charge is 2.17. The predicted molar refractivity (Wildman–Crippen MR) is 69.3 cm³/mol. The van der Waals surface area contributed by atoms with Crippen LogP contribution in [0.1, 0.15) is 38.1 Å². The molecule has 0 fully saturated rings. The van der Waals surface area contributed by atoms with Crippen LogP contribution in [0.5, 0.6) is 0 Å². The van der Waals surface area contributed by atoms with Crippen molar-refractivity contribution in [3.8, 4) is 0 Å². The van der Waals surface area contributed by atoms with Crippen molar-refractivity contribution in [1.82, 2.24) is 9.97 Å². The lowest BCUT2D eigenvalue weighted by Crippen LogP contribution is -2.31. The van der Waals surface area contributed by atoms with Crippen molar-refractivity contribution in [2.24, 2.45) is 0 Å². The quantitative estimate of drug-likeness (QED) is 0.809. The minimum absolute atomic E-state index is 0.467. The molecule has 1 aromatic rings. The third kappa shape index (κ3) is 2.64. The van der Waals surface area contributed by atoms with E-state index in [-0.39, 0.29) is 0 Å². The zero-order chi connectivity index (χ0) is 12.3. The SMILES string of the molecule is CCC(CC)N(C)c1nc(C)c(C)nc1Cl. The second kappa shape index (κ2) is 5.48. The van der Waals surface area contributed by atoms with Crippen molar-refractivity contribution in [3.63, 3.8) is 0 Å². The molecular weight excluding hydrogens is 222 g/mol. The van der Waals surface area contributed by atoms with E-state index in [1.807, 2.05) is 20.9 Å². The molecule has 0 aliphatic heterocycles. The van der Waals surface area contributed by atoms with Crippen LogP contribution in [0.3, 0.4) is 0 Å². The fourth-order valence-electron chi connectivity index (χ4n) is 1.80. The first kappa shape index (κ1) is 13.2. The summed E-state index contributed by atoms with van der Waals surface area (Å²) < 4.78 is 0. The number of rotatable bonds is 4. The molecule has 0 aromatic carbocycles. The molecule has 0 N–H and O–H groups in total. The molecule has 0 saturated heterocycles. The molecular formula is C12H20ClN3. The number of hydrogen-bond donors (Lipinski definition) is 0. The highest BCUT2D eigenvalue weighted by atomic mass is 35.5. The molecule has 1 heterocycles. The Labute approximate surface area is 103 Å². The summed E-state index contributed by atoms with van der Waals surface area (Å²) in [6.07, 6.45) is 2.16. The number of hydrogen-bond acceptors (Lipinski definition) is 3. The van der Waals surface area contributed by atoms with Crippen LogP contribution >= 0.6 is 11.6 Å². The van der Waals surface area contributed by atoms with E-state index >= 15 is 0 Å². The second-order valence-electron chi connectivity index (χ2n) is 4.09. The minimum atomic E-state index is 0.467. The summed E-state index contributed by atoms with van der Waals surface area (Å²) in [7, 11) is 2.03. The van der Waals surface area contributed by atoms with Gasteiger partial charge in [0.1, 0.15) is 0 Å². The summed E-state index contributed by atoms with van der Waals surface area (Å²) in [6.45, 7) is 8.23.